The Labute approximate surface area is 164 Å². The number of fused-ring (bicyclic) bond motifs is 1. The van der Waals surface area contributed by atoms with Crippen LogP contribution in [0.4, 0.5) is 11.4 Å². The van der Waals surface area contributed by atoms with Crippen molar-refractivity contribution in [2.24, 2.45) is 0 Å². The second kappa shape index (κ2) is 7.58. The summed E-state index contributed by atoms with van der Waals surface area (Å²) in [5.41, 5.74) is 8.04. The lowest BCUT2D eigenvalue weighted by Gasteiger charge is -2.17. The minimum Gasteiger partial charge on any atom is -0.361 e. The van der Waals surface area contributed by atoms with E-state index >= 15 is 0 Å². The molecule has 0 saturated carbocycles. The first kappa shape index (κ1) is 17.8. The first-order chi connectivity index (χ1) is 13.7. The molecule has 2 aromatic carbocycles. The van der Waals surface area contributed by atoms with E-state index in [1.165, 1.54) is 10.9 Å². The number of aromatic amines is 1. The van der Waals surface area contributed by atoms with E-state index in [1.54, 1.807) is 6.20 Å². The van der Waals surface area contributed by atoms with Crippen LogP contribution in [0.3, 0.4) is 0 Å². The third kappa shape index (κ3) is 3.35. The van der Waals surface area contributed by atoms with Gasteiger partial charge in [0.05, 0.1) is 11.3 Å². The molecule has 0 amide bonds. The summed E-state index contributed by atoms with van der Waals surface area (Å²) in [5.74, 6) is 0. The summed E-state index contributed by atoms with van der Waals surface area (Å²) in [6.45, 7) is 4.11. The second-order valence-corrected chi connectivity index (χ2v) is 7.01. The maximum atomic E-state index is 9.67. The number of nitriles is 1. The molecular formula is C24H22N4. The molecule has 0 fully saturated rings. The second-order valence-electron chi connectivity index (χ2n) is 7.01. The number of hydrogen-bond donors (Lipinski definition) is 2. The summed E-state index contributed by atoms with van der Waals surface area (Å²) in [6.07, 6.45) is 5.34. The predicted molar refractivity (Wildman–Crippen MR) is 114 cm³/mol. The van der Waals surface area contributed by atoms with Gasteiger partial charge in [-0.3, -0.25) is 4.98 Å². The third-order valence-electron chi connectivity index (χ3n) is 5.29. The van der Waals surface area contributed by atoms with Gasteiger partial charge in [-0.05, 0) is 61.6 Å². The standard InChI is InChI=1S/C24H22N4/c1-16-20-12-13-26-23(20)11-10-22(16)28-24-19(14-25)15-27-17(2)21(24)9-8-18-6-4-3-5-7-18/h3-7,10-13,15,26H,8-9H2,1-2H3,(H,27,28). The zero-order valence-corrected chi connectivity index (χ0v) is 16.1. The molecule has 0 aliphatic rings. The van der Waals surface area contributed by atoms with Gasteiger partial charge in [0.1, 0.15) is 6.07 Å². The van der Waals surface area contributed by atoms with Crippen molar-refractivity contribution >= 4 is 22.3 Å². The highest BCUT2D eigenvalue weighted by Crippen LogP contribution is 2.32. The highest BCUT2D eigenvalue weighted by molar-refractivity contribution is 5.89. The third-order valence-corrected chi connectivity index (χ3v) is 5.29. The molecular weight excluding hydrogens is 344 g/mol. The molecule has 0 radical (unpaired) electrons. The van der Waals surface area contributed by atoms with E-state index in [4.69, 9.17) is 0 Å². The van der Waals surface area contributed by atoms with Gasteiger partial charge in [-0.25, -0.2) is 0 Å². The topological polar surface area (TPSA) is 64.5 Å². The number of H-pyrrole nitrogens is 1. The lowest BCUT2D eigenvalue weighted by atomic mass is 9.99. The van der Waals surface area contributed by atoms with Gasteiger partial charge in [-0.1, -0.05) is 30.3 Å². The molecule has 4 rings (SSSR count). The van der Waals surface area contributed by atoms with Crippen molar-refractivity contribution in [3.8, 4) is 6.07 Å². The minimum atomic E-state index is 0.572. The maximum Gasteiger partial charge on any atom is 0.103 e. The predicted octanol–water partition coefficient (Wildman–Crippen LogP) is 5.58. The van der Waals surface area contributed by atoms with Gasteiger partial charge in [0.25, 0.3) is 0 Å². The van der Waals surface area contributed by atoms with Gasteiger partial charge in [0, 0.05) is 34.7 Å². The van der Waals surface area contributed by atoms with E-state index in [0.29, 0.717) is 5.56 Å². The molecule has 0 saturated heterocycles. The number of aryl methyl sites for hydroxylation is 3. The van der Waals surface area contributed by atoms with Crippen LogP contribution in [-0.2, 0) is 12.8 Å². The van der Waals surface area contributed by atoms with E-state index in [0.717, 1.165) is 46.6 Å². The number of nitrogens with one attached hydrogen (secondary N) is 2. The van der Waals surface area contributed by atoms with Crippen LogP contribution in [0, 0.1) is 25.2 Å². The maximum absolute atomic E-state index is 9.67. The fourth-order valence-corrected chi connectivity index (χ4v) is 3.65. The van der Waals surface area contributed by atoms with Crippen molar-refractivity contribution < 1.29 is 0 Å². The highest BCUT2D eigenvalue weighted by Gasteiger charge is 2.15. The molecule has 2 heterocycles. The van der Waals surface area contributed by atoms with Gasteiger partial charge in [0.15, 0.2) is 0 Å². The van der Waals surface area contributed by atoms with E-state index in [1.807, 2.05) is 19.2 Å². The Morgan fingerprint density at radius 3 is 2.64 bits per heavy atom. The Morgan fingerprint density at radius 2 is 1.86 bits per heavy atom. The molecule has 0 spiro atoms. The minimum absolute atomic E-state index is 0.572. The quantitative estimate of drug-likeness (QED) is 0.484. The largest absolute Gasteiger partial charge is 0.361 e. The highest BCUT2D eigenvalue weighted by atomic mass is 14.9. The molecule has 0 aliphatic carbocycles. The normalized spacial score (nSPS) is 10.8. The van der Waals surface area contributed by atoms with Gasteiger partial charge < -0.3 is 10.3 Å². The number of rotatable bonds is 5. The molecule has 0 bridgehead atoms. The van der Waals surface area contributed by atoms with Gasteiger partial charge >= 0.3 is 0 Å². The monoisotopic (exact) mass is 366 g/mol. The van der Waals surface area contributed by atoms with Crippen LogP contribution in [0.25, 0.3) is 10.9 Å². The molecule has 2 aromatic heterocycles. The number of aromatic nitrogens is 2. The van der Waals surface area contributed by atoms with Crippen LogP contribution in [0.5, 0.6) is 0 Å². The average Bonchev–Trinajstić information content (AvgIpc) is 3.20. The Balaban J connectivity index is 1.73. The van der Waals surface area contributed by atoms with E-state index in [9.17, 15) is 5.26 Å². The lowest BCUT2D eigenvalue weighted by Crippen LogP contribution is -2.06. The molecule has 0 atom stereocenters. The van der Waals surface area contributed by atoms with Crippen LogP contribution in [0.1, 0.15) is 27.9 Å². The van der Waals surface area contributed by atoms with Crippen LogP contribution in [0.15, 0.2) is 60.9 Å². The molecule has 4 heteroatoms. The fraction of sp³-hybridized carbons (Fsp3) is 0.167. The number of anilines is 2. The zero-order chi connectivity index (χ0) is 19.5. The summed E-state index contributed by atoms with van der Waals surface area (Å²) in [7, 11) is 0. The molecule has 4 aromatic rings. The first-order valence-corrected chi connectivity index (χ1v) is 9.43. The summed E-state index contributed by atoms with van der Waals surface area (Å²) < 4.78 is 0. The molecule has 138 valence electrons. The smallest absolute Gasteiger partial charge is 0.103 e. The van der Waals surface area contributed by atoms with Crippen molar-refractivity contribution in [1.82, 2.24) is 9.97 Å². The number of pyridine rings is 1. The summed E-state index contributed by atoms with van der Waals surface area (Å²) in [6, 6.07) is 18.9. The Kier molecular flexibility index (Phi) is 4.82. The molecule has 0 aliphatic heterocycles. The van der Waals surface area contributed by atoms with Gasteiger partial charge in [-0.15, -0.1) is 0 Å². The first-order valence-electron chi connectivity index (χ1n) is 9.43. The van der Waals surface area contributed by atoms with Crippen molar-refractivity contribution in [2.75, 3.05) is 5.32 Å². The average molecular weight is 366 g/mol. The summed E-state index contributed by atoms with van der Waals surface area (Å²) >= 11 is 0. The van der Waals surface area contributed by atoms with E-state index in [-0.39, 0.29) is 0 Å². The van der Waals surface area contributed by atoms with E-state index in [2.05, 4.69) is 70.7 Å². The van der Waals surface area contributed by atoms with Crippen LogP contribution in [-0.4, -0.2) is 9.97 Å². The fourth-order valence-electron chi connectivity index (χ4n) is 3.65. The molecule has 0 unspecified atom stereocenters. The van der Waals surface area contributed by atoms with Gasteiger partial charge in [0.2, 0.25) is 0 Å². The van der Waals surface area contributed by atoms with Crippen molar-refractivity contribution in [2.45, 2.75) is 26.7 Å². The van der Waals surface area contributed by atoms with Crippen molar-refractivity contribution in [1.29, 1.82) is 5.26 Å². The van der Waals surface area contributed by atoms with Crippen molar-refractivity contribution in [3.63, 3.8) is 0 Å². The molecule has 2 N–H and O–H groups in total. The summed E-state index contributed by atoms with van der Waals surface area (Å²) in [4.78, 5) is 7.70. The van der Waals surface area contributed by atoms with E-state index < -0.39 is 0 Å². The SMILES string of the molecule is Cc1ncc(C#N)c(Nc2ccc3[nH]ccc3c2C)c1CCc1ccccc1. The summed E-state index contributed by atoms with van der Waals surface area (Å²) in [5, 5.41) is 14.4. The Hall–Kier alpha value is -3.58. The van der Waals surface area contributed by atoms with Gasteiger partial charge in [-0.2, -0.15) is 5.26 Å². The molecule has 28 heavy (non-hydrogen) atoms. The van der Waals surface area contributed by atoms with Crippen LogP contribution < -0.4 is 5.32 Å². The number of hydrogen-bond acceptors (Lipinski definition) is 3. The lowest BCUT2D eigenvalue weighted by molar-refractivity contribution is 0.931. The number of nitrogens with zero attached hydrogens (tertiary/aromatic N) is 2. The Morgan fingerprint density at radius 1 is 1.04 bits per heavy atom. The number of benzene rings is 2. The molecule has 4 nitrogen and oxygen atoms in total. The Bertz CT molecular complexity index is 1170. The van der Waals surface area contributed by atoms with Crippen LogP contribution >= 0.6 is 0 Å². The van der Waals surface area contributed by atoms with Crippen LogP contribution in [0.2, 0.25) is 0 Å². The zero-order valence-electron chi connectivity index (χ0n) is 16.1. The van der Waals surface area contributed by atoms with Crippen molar-refractivity contribution in [3.05, 3.63) is 88.9 Å².